The van der Waals surface area contributed by atoms with Crippen LogP contribution < -0.4 is 0 Å². The third-order valence-corrected chi connectivity index (χ3v) is 4.38. The Morgan fingerprint density at radius 2 is 1.89 bits per heavy atom. The van der Waals surface area contributed by atoms with Crippen LogP contribution in [0.5, 0.6) is 0 Å². The van der Waals surface area contributed by atoms with Crippen LogP contribution in [-0.4, -0.2) is 26.3 Å². The lowest BCUT2D eigenvalue weighted by Crippen LogP contribution is -2.56. The first-order valence-corrected chi connectivity index (χ1v) is 7.22. The molecule has 0 N–H and O–H groups in total. The molecule has 0 radical (unpaired) electrons. The van der Waals surface area contributed by atoms with Crippen molar-refractivity contribution in [2.24, 2.45) is 11.8 Å². The molecule has 0 bridgehead atoms. The van der Waals surface area contributed by atoms with Crippen LogP contribution in [0.15, 0.2) is 28.7 Å². The Morgan fingerprint density at radius 1 is 1.32 bits per heavy atom. The third-order valence-electron chi connectivity index (χ3n) is 3.86. The van der Waals surface area contributed by atoms with Crippen LogP contribution in [0.1, 0.15) is 19.4 Å². The molecule has 1 aliphatic heterocycles. The molecule has 104 valence electrons. The van der Waals surface area contributed by atoms with Gasteiger partial charge in [0.1, 0.15) is 0 Å². The minimum atomic E-state index is -0.248. The van der Waals surface area contributed by atoms with E-state index in [0.29, 0.717) is 13.2 Å². The molecule has 1 saturated heterocycles. The number of hydrogen-bond acceptors (Lipinski definition) is 3. The van der Waals surface area contributed by atoms with Crippen molar-refractivity contribution in [3.63, 3.8) is 0 Å². The maximum atomic E-state index is 12.1. The number of halogens is 1. The number of ether oxygens (including phenoxy) is 2. The van der Waals surface area contributed by atoms with E-state index in [0.717, 1.165) is 10.0 Å². The van der Waals surface area contributed by atoms with E-state index in [-0.39, 0.29) is 23.2 Å². The second kappa shape index (κ2) is 5.63. The molecule has 1 atom stereocenters. The molecule has 1 heterocycles. The number of carbonyl (C=O) groups is 1. The molecule has 0 saturated carbocycles. The number of esters is 1. The molecule has 0 aromatic heterocycles. The fourth-order valence-electron chi connectivity index (χ4n) is 2.89. The monoisotopic (exact) mass is 326 g/mol. The van der Waals surface area contributed by atoms with Gasteiger partial charge < -0.3 is 9.47 Å². The zero-order valence-electron chi connectivity index (χ0n) is 11.5. The molecular formula is C15H19BrO3. The van der Waals surface area contributed by atoms with E-state index in [2.05, 4.69) is 41.9 Å². The van der Waals surface area contributed by atoms with Crippen molar-refractivity contribution in [2.75, 3.05) is 20.3 Å². The van der Waals surface area contributed by atoms with Crippen LogP contribution in [0.4, 0.5) is 0 Å². The summed E-state index contributed by atoms with van der Waals surface area (Å²) in [5.74, 6) is -0.117. The van der Waals surface area contributed by atoms with Crippen molar-refractivity contribution >= 4 is 21.9 Å². The Morgan fingerprint density at radius 3 is 2.26 bits per heavy atom. The summed E-state index contributed by atoms with van der Waals surface area (Å²) in [4.78, 5) is 12.1. The van der Waals surface area contributed by atoms with Crippen molar-refractivity contribution < 1.29 is 14.3 Å². The average Bonchev–Trinajstić information content (AvgIpc) is 2.33. The van der Waals surface area contributed by atoms with E-state index in [9.17, 15) is 4.79 Å². The Kier molecular flexibility index (Phi) is 4.31. The molecule has 19 heavy (non-hydrogen) atoms. The van der Waals surface area contributed by atoms with Gasteiger partial charge in [0.25, 0.3) is 0 Å². The summed E-state index contributed by atoms with van der Waals surface area (Å²) in [7, 11) is 1.45. The van der Waals surface area contributed by atoms with Gasteiger partial charge in [0.2, 0.25) is 0 Å². The predicted octanol–water partition coefficient (Wildman–Crippen LogP) is 3.16. The lowest BCUT2D eigenvalue weighted by Gasteiger charge is -2.47. The highest BCUT2D eigenvalue weighted by Gasteiger charge is 2.52. The molecule has 3 nitrogen and oxygen atoms in total. The molecule has 1 aliphatic rings. The van der Waals surface area contributed by atoms with E-state index in [4.69, 9.17) is 9.47 Å². The first kappa shape index (κ1) is 14.5. The van der Waals surface area contributed by atoms with Crippen molar-refractivity contribution in [2.45, 2.75) is 19.3 Å². The van der Waals surface area contributed by atoms with Crippen LogP contribution in [0, 0.1) is 11.8 Å². The molecule has 0 spiro atoms. The Balaban J connectivity index is 2.40. The number of methoxy groups -OCH3 is 1. The first-order chi connectivity index (χ1) is 9.01. The molecule has 2 rings (SSSR count). The number of benzene rings is 1. The van der Waals surface area contributed by atoms with Crippen molar-refractivity contribution in [1.29, 1.82) is 0 Å². The topological polar surface area (TPSA) is 35.5 Å². The van der Waals surface area contributed by atoms with Gasteiger partial charge in [-0.25, -0.2) is 0 Å². The van der Waals surface area contributed by atoms with Gasteiger partial charge in [-0.2, -0.15) is 0 Å². The van der Waals surface area contributed by atoms with E-state index in [1.54, 1.807) is 0 Å². The van der Waals surface area contributed by atoms with Gasteiger partial charge in [0.15, 0.2) is 0 Å². The zero-order chi connectivity index (χ0) is 14.0. The van der Waals surface area contributed by atoms with Gasteiger partial charge in [-0.15, -0.1) is 0 Å². The smallest absolute Gasteiger partial charge is 0.310 e. The van der Waals surface area contributed by atoms with Crippen molar-refractivity contribution in [3.05, 3.63) is 34.3 Å². The fraction of sp³-hybridized carbons (Fsp3) is 0.533. The van der Waals surface area contributed by atoms with Crippen molar-refractivity contribution in [1.82, 2.24) is 0 Å². The lowest BCUT2D eigenvalue weighted by atomic mass is 9.64. The summed E-state index contributed by atoms with van der Waals surface area (Å²) in [5.41, 5.74) is 0.896. The minimum Gasteiger partial charge on any atom is -0.469 e. The van der Waals surface area contributed by atoms with Gasteiger partial charge in [0.05, 0.1) is 31.7 Å². The van der Waals surface area contributed by atoms with Crippen LogP contribution in [0.2, 0.25) is 0 Å². The molecular weight excluding hydrogens is 308 g/mol. The summed E-state index contributed by atoms with van der Waals surface area (Å²) < 4.78 is 11.5. The normalized spacial score (nSPS) is 18.8. The summed E-state index contributed by atoms with van der Waals surface area (Å²) in [6.45, 7) is 5.26. The first-order valence-electron chi connectivity index (χ1n) is 6.43. The van der Waals surface area contributed by atoms with E-state index >= 15 is 0 Å². The van der Waals surface area contributed by atoms with Crippen LogP contribution in [-0.2, 0) is 19.7 Å². The molecule has 4 heteroatoms. The third kappa shape index (κ3) is 2.56. The molecule has 0 aliphatic carbocycles. The Bertz CT molecular complexity index is 449. The van der Waals surface area contributed by atoms with Gasteiger partial charge in [-0.3, -0.25) is 4.79 Å². The highest BCUT2D eigenvalue weighted by molar-refractivity contribution is 9.10. The fourth-order valence-corrected chi connectivity index (χ4v) is 3.16. The van der Waals surface area contributed by atoms with Crippen LogP contribution in [0.3, 0.4) is 0 Å². The maximum Gasteiger partial charge on any atom is 0.310 e. The van der Waals surface area contributed by atoms with Crippen LogP contribution >= 0.6 is 15.9 Å². The van der Waals surface area contributed by atoms with E-state index in [1.807, 2.05) is 12.1 Å². The molecule has 1 unspecified atom stereocenters. The number of rotatable bonds is 4. The largest absolute Gasteiger partial charge is 0.469 e. The average molecular weight is 327 g/mol. The van der Waals surface area contributed by atoms with Gasteiger partial charge in [-0.05, 0) is 23.6 Å². The number of hydrogen-bond donors (Lipinski definition) is 0. The van der Waals surface area contributed by atoms with Gasteiger partial charge in [0, 0.05) is 4.47 Å². The number of carbonyl (C=O) groups excluding carboxylic acids is 1. The standard InChI is InChI=1S/C15H19BrO3/c1-10(2)13(14(17)18-3)15(8-19-9-15)11-4-6-12(16)7-5-11/h4-7,10,13H,8-9H2,1-3H3. The summed E-state index contributed by atoms with van der Waals surface area (Å²) in [6.07, 6.45) is 0. The lowest BCUT2D eigenvalue weighted by molar-refractivity contribution is -0.164. The quantitative estimate of drug-likeness (QED) is 0.797. The highest BCUT2D eigenvalue weighted by Crippen LogP contribution is 2.43. The molecule has 0 amide bonds. The minimum absolute atomic E-state index is 0.152. The van der Waals surface area contributed by atoms with Crippen LogP contribution in [0.25, 0.3) is 0 Å². The van der Waals surface area contributed by atoms with Crippen molar-refractivity contribution in [3.8, 4) is 0 Å². The molecule has 1 aromatic carbocycles. The Hall–Kier alpha value is -0.870. The predicted molar refractivity (Wildman–Crippen MR) is 77.0 cm³/mol. The molecule has 1 fully saturated rings. The Labute approximate surface area is 122 Å². The second-order valence-electron chi connectivity index (χ2n) is 5.40. The highest BCUT2D eigenvalue weighted by atomic mass is 79.9. The zero-order valence-corrected chi connectivity index (χ0v) is 13.1. The van der Waals surface area contributed by atoms with Gasteiger partial charge in [-0.1, -0.05) is 41.9 Å². The summed E-state index contributed by atoms with van der Waals surface area (Å²) >= 11 is 3.44. The summed E-state index contributed by atoms with van der Waals surface area (Å²) in [5, 5.41) is 0. The van der Waals surface area contributed by atoms with Gasteiger partial charge >= 0.3 is 5.97 Å². The van der Waals surface area contributed by atoms with E-state index in [1.165, 1.54) is 7.11 Å². The molecule has 1 aromatic rings. The second-order valence-corrected chi connectivity index (χ2v) is 6.32. The SMILES string of the molecule is COC(=O)C(C(C)C)C1(c2ccc(Br)cc2)COC1. The maximum absolute atomic E-state index is 12.1. The summed E-state index contributed by atoms with van der Waals surface area (Å²) in [6, 6.07) is 8.13. The van der Waals surface area contributed by atoms with E-state index < -0.39 is 0 Å².